The molecule has 1 aromatic heterocycles. The van der Waals surface area contributed by atoms with Crippen LogP contribution >= 0.6 is 0 Å². The van der Waals surface area contributed by atoms with Gasteiger partial charge in [-0.2, -0.15) is 0 Å². The van der Waals surface area contributed by atoms with E-state index in [1.165, 1.54) is 12.8 Å². The van der Waals surface area contributed by atoms with Crippen LogP contribution in [0.15, 0.2) is 18.3 Å². The van der Waals surface area contributed by atoms with Crippen molar-refractivity contribution in [3.63, 3.8) is 0 Å². The van der Waals surface area contributed by atoms with E-state index in [-0.39, 0.29) is 6.04 Å². The van der Waals surface area contributed by atoms with E-state index in [1.807, 2.05) is 19.2 Å². The Bertz CT molecular complexity index is 358. The topological polar surface area (TPSA) is 42.1 Å². The molecule has 16 heavy (non-hydrogen) atoms. The highest BCUT2D eigenvalue weighted by Crippen LogP contribution is 2.35. The predicted molar refractivity (Wildman–Crippen MR) is 67.4 cm³/mol. The van der Waals surface area contributed by atoms with Crippen molar-refractivity contribution >= 4 is 5.82 Å². The first-order chi connectivity index (χ1) is 7.59. The summed E-state index contributed by atoms with van der Waals surface area (Å²) in [4.78, 5) is 6.69. The molecule has 0 aliphatic heterocycles. The molecule has 1 aromatic rings. The Morgan fingerprint density at radius 3 is 2.69 bits per heavy atom. The molecule has 0 aromatic carbocycles. The van der Waals surface area contributed by atoms with Gasteiger partial charge in [-0.3, -0.25) is 0 Å². The van der Waals surface area contributed by atoms with Crippen LogP contribution in [-0.4, -0.2) is 18.1 Å². The standard InChI is InChI=1S/C13H21N3/c1-9(14)12-6-7-15-13(8-12)16(3)10(2)11-4-5-11/h6-11H,4-5,14H2,1-3H3. The van der Waals surface area contributed by atoms with E-state index in [0.717, 1.165) is 17.3 Å². The number of hydrogen-bond acceptors (Lipinski definition) is 3. The van der Waals surface area contributed by atoms with Crippen LogP contribution in [0.5, 0.6) is 0 Å². The van der Waals surface area contributed by atoms with Gasteiger partial charge in [-0.1, -0.05) is 0 Å². The molecule has 0 radical (unpaired) electrons. The summed E-state index contributed by atoms with van der Waals surface area (Å²) in [7, 11) is 2.12. The van der Waals surface area contributed by atoms with Crippen molar-refractivity contribution in [2.45, 2.75) is 38.8 Å². The van der Waals surface area contributed by atoms with Gasteiger partial charge in [-0.05, 0) is 50.3 Å². The SMILES string of the molecule is CC(N)c1ccnc(N(C)C(C)C2CC2)c1. The molecule has 2 N–H and O–H groups in total. The van der Waals surface area contributed by atoms with Crippen molar-refractivity contribution < 1.29 is 0 Å². The van der Waals surface area contributed by atoms with Gasteiger partial charge in [-0.15, -0.1) is 0 Å². The maximum atomic E-state index is 5.88. The Balaban J connectivity index is 2.15. The molecule has 0 bridgehead atoms. The Hall–Kier alpha value is -1.09. The Morgan fingerprint density at radius 2 is 2.12 bits per heavy atom. The summed E-state index contributed by atoms with van der Waals surface area (Å²) in [6.07, 6.45) is 4.57. The fourth-order valence-electron chi connectivity index (χ4n) is 2.01. The number of hydrogen-bond donors (Lipinski definition) is 1. The van der Waals surface area contributed by atoms with Crippen LogP contribution < -0.4 is 10.6 Å². The summed E-state index contributed by atoms with van der Waals surface area (Å²) in [5, 5.41) is 0. The van der Waals surface area contributed by atoms with E-state index in [9.17, 15) is 0 Å². The van der Waals surface area contributed by atoms with Crippen LogP contribution in [0.1, 0.15) is 38.3 Å². The number of nitrogens with two attached hydrogens (primary N) is 1. The molecular formula is C13H21N3. The summed E-state index contributed by atoms with van der Waals surface area (Å²) < 4.78 is 0. The van der Waals surface area contributed by atoms with Crippen LogP contribution in [0.4, 0.5) is 5.82 Å². The van der Waals surface area contributed by atoms with Crippen molar-refractivity contribution in [3.8, 4) is 0 Å². The molecule has 2 unspecified atom stereocenters. The normalized spacial score (nSPS) is 19.2. The first-order valence-corrected chi connectivity index (χ1v) is 6.04. The monoisotopic (exact) mass is 219 g/mol. The fraction of sp³-hybridized carbons (Fsp3) is 0.615. The Morgan fingerprint density at radius 1 is 1.44 bits per heavy atom. The van der Waals surface area contributed by atoms with Crippen LogP contribution in [0.25, 0.3) is 0 Å². The highest BCUT2D eigenvalue weighted by atomic mass is 15.2. The smallest absolute Gasteiger partial charge is 0.128 e. The van der Waals surface area contributed by atoms with E-state index in [1.54, 1.807) is 0 Å². The van der Waals surface area contributed by atoms with Crippen molar-refractivity contribution in [2.75, 3.05) is 11.9 Å². The van der Waals surface area contributed by atoms with Crippen molar-refractivity contribution in [2.24, 2.45) is 11.7 Å². The van der Waals surface area contributed by atoms with Crippen LogP contribution in [-0.2, 0) is 0 Å². The van der Waals surface area contributed by atoms with Crippen molar-refractivity contribution in [3.05, 3.63) is 23.9 Å². The van der Waals surface area contributed by atoms with E-state index >= 15 is 0 Å². The van der Waals surface area contributed by atoms with Gasteiger partial charge >= 0.3 is 0 Å². The second-order valence-corrected chi connectivity index (χ2v) is 4.92. The van der Waals surface area contributed by atoms with E-state index in [0.29, 0.717) is 6.04 Å². The molecule has 0 saturated heterocycles. The predicted octanol–water partition coefficient (Wildman–Crippen LogP) is 2.34. The molecule has 2 rings (SSSR count). The highest BCUT2D eigenvalue weighted by Gasteiger charge is 2.31. The Kier molecular flexibility index (Phi) is 3.15. The summed E-state index contributed by atoms with van der Waals surface area (Å²) in [5.74, 6) is 1.89. The lowest BCUT2D eigenvalue weighted by Gasteiger charge is -2.26. The minimum atomic E-state index is 0.0754. The third kappa shape index (κ3) is 2.35. The number of rotatable bonds is 4. The molecule has 3 heteroatoms. The van der Waals surface area contributed by atoms with Gasteiger partial charge in [0.1, 0.15) is 5.82 Å². The van der Waals surface area contributed by atoms with Gasteiger partial charge in [-0.25, -0.2) is 4.98 Å². The average molecular weight is 219 g/mol. The minimum absolute atomic E-state index is 0.0754. The zero-order valence-corrected chi connectivity index (χ0v) is 10.4. The van der Waals surface area contributed by atoms with Crippen LogP contribution in [0.3, 0.4) is 0 Å². The molecule has 1 aliphatic rings. The lowest BCUT2D eigenvalue weighted by Crippen LogP contribution is -2.31. The molecule has 0 amide bonds. The van der Waals surface area contributed by atoms with Crippen LogP contribution in [0.2, 0.25) is 0 Å². The second kappa shape index (κ2) is 4.42. The summed E-state index contributed by atoms with van der Waals surface area (Å²) in [6, 6.07) is 4.75. The van der Waals surface area contributed by atoms with E-state index in [4.69, 9.17) is 5.73 Å². The van der Waals surface area contributed by atoms with Crippen LogP contribution in [0, 0.1) is 5.92 Å². The molecule has 1 aliphatic carbocycles. The fourth-order valence-corrected chi connectivity index (χ4v) is 2.01. The molecular weight excluding hydrogens is 198 g/mol. The molecule has 88 valence electrons. The largest absolute Gasteiger partial charge is 0.357 e. The first-order valence-electron chi connectivity index (χ1n) is 6.04. The summed E-state index contributed by atoms with van der Waals surface area (Å²) in [5.41, 5.74) is 7.04. The number of anilines is 1. The molecule has 3 nitrogen and oxygen atoms in total. The third-order valence-corrected chi connectivity index (χ3v) is 3.57. The zero-order chi connectivity index (χ0) is 11.7. The van der Waals surface area contributed by atoms with Gasteiger partial charge in [0, 0.05) is 25.3 Å². The maximum absolute atomic E-state index is 5.88. The average Bonchev–Trinajstić information content (AvgIpc) is 3.11. The molecule has 1 fully saturated rings. The third-order valence-electron chi connectivity index (χ3n) is 3.57. The minimum Gasteiger partial charge on any atom is -0.357 e. The van der Waals surface area contributed by atoms with Gasteiger partial charge in [0.05, 0.1) is 0 Å². The van der Waals surface area contributed by atoms with Gasteiger partial charge in [0.25, 0.3) is 0 Å². The van der Waals surface area contributed by atoms with Gasteiger partial charge in [0.2, 0.25) is 0 Å². The lowest BCUT2D eigenvalue weighted by atomic mass is 10.1. The van der Waals surface area contributed by atoms with Crippen molar-refractivity contribution in [1.82, 2.24) is 4.98 Å². The zero-order valence-electron chi connectivity index (χ0n) is 10.4. The molecule has 1 saturated carbocycles. The van der Waals surface area contributed by atoms with E-state index < -0.39 is 0 Å². The lowest BCUT2D eigenvalue weighted by molar-refractivity contribution is 0.603. The Labute approximate surface area is 97.7 Å². The maximum Gasteiger partial charge on any atom is 0.128 e. The highest BCUT2D eigenvalue weighted by molar-refractivity contribution is 5.42. The van der Waals surface area contributed by atoms with Gasteiger partial charge < -0.3 is 10.6 Å². The quantitative estimate of drug-likeness (QED) is 0.845. The van der Waals surface area contributed by atoms with E-state index in [2.05, 4.69) is 29.9 Å². The summed E-state index contributed by atoms with van der Waals surface area (Å²) >= 11 is 0. The number of aromatic nitrogens is 1. The number of pyridine rings is 1. The second-order valence-electron chi connectivity index (χ2n) is 4.92. The summed E-state index contributed by atoms with van der Waals surface area (Å²) in [6.45, 7) is 4.28. The van der Waals surface area contributed by atoms with Crippen molar-refractivity contribution in [1.29, 1.82) is 0 Å². The first kappa shape index (κ1) is 11.4. The molecule has 2 atom stereocenters. The van der Waals surface area contributed by atoms with Gasteiger partial charge in [0.15, 0.2) is 0 Å². The molecule has 1 heterocycles. The number of nitrogens with zero attached hydrogens (tertiary/aromatic N) is 2. The molecule has 0 spiro atoms.